The van der Waals surface area contributed by atoms with Gasteiger partial charge < -0.3 is 9.47 Å². The number of alkyl halides is 5. The van der Waals surface area contributed by atoms with Gasteiger partial charge in [-0.05, 0) is 24.9 Å². The Morgan fingerprint density at radius 2 is 2.00 bits per heavy atom. The number of hydrogen-bond acceptors (Lipinski definition) is 5. The lowest BCUT2D eigenvalue weighted by molar-refractivity contribution is -0.144. The second-order valence-corrected chi connectivity index (χ2v) is 6.70. The van der Waals surface area contributed by atoms with Crippen molar-refractivity contribution in [1.29, 1.82) is 0 Å². The molecule has 0 aromatic carbocycles. The molecule has 1 fully saturated rings. The Labute approximate surface area is 153 Å². The van der Waals surface area contributed by atoms with Gasteiger partial charge in [-0.15, -0.1) is 0 Å². The first-order valence-corrected chi connectivity index (χ1v) is 8.31. The smallest absolute Gasteiger partial charge is 0.433 e. The van der Waals surface area contributed by atoms with Crippen LogP contribution in [0.3, 0.4) is 0 Å². The predicted molar refractivity (Wildman–Crippen MR) is 85.4 cm³/mol. The fourth-order valence-corrected chi connectivity index (χ4v) is 3.12. The third kappa shape index (κ3) is 4.37. The van der Waals surface area contributed by atoms with Gasteiger partial charge in [0.05, 0.1) is 19.3 Å². The minimum absolute atomic E-state index is 0.0429. The molecule has 1 aromatic heterocycles. The summed E-state index contributed by atoms with van der Waals surface area (Å²) >= 11 is 0. The van der Waals surface area contributed by atoms with E-state index in [1.54, 1.807) is 20.9 Å². The lowest BCUT2D eigenvalue weighted by atomic mass is 9.90. The molecule has 1 saturated heterocycles. The highest BCUT2D eigenvalue weighted by Crippen LogP contribution is 2.42. The molecule has 2 rings (SSSR count). The number of halogens is 5. The molecule has 1 atom stereocenters. The van der Waals surface area contributed by atoms with Crippen LogP contribution in [-0.4, -0.2) is 43.2 Å². The molecule has 1 aliphatic rings. The van der Waals surface area contributed by atoms with Crippen molar-refractivity contribution in [2.24, 2.45) is 5.92 Å². The Bertz CT molecular complexity index is 707. The lowest BCUT2D eigenvalue weighted by Crippen LogP contribution is -2.28. The summed E-state index contributed by atoms with van der Waals surface area (Å²) in [6.45, 7) is 3.94. The van der Waals surface area contributed by atoms with Crippen LogP contribution in [-0.2, 0) is 22.1 Å². The SMILES string of the molecule is COC(=O)c1c(C(F)F)nc(C(F)(F)F)c(C2OCCN2C)c1CC(C)C. The Morgan fingerprint density at radius 1 is 1.37 bits per heavy atom. The van der Waals surface area contributed by atoms with Crippen molar-refractivity contribution in [3.05, 3.63) is 28.1 Å². The summed E-state index contributed by atoms with van der Waals surface area (Å²) in [4.78, 5) is 16.9. The molecular formula is C17H21F5N2O3. The topological polar surface area (TPSA) is 51.7 Å². The number of aromatic nitrogens is 1. The number of nitrogens with zero attached hydrogens (tertiary/aromatic N) is 2. The van der Waals surface area contributed by atoms with Crippen molar-refractivity contribution in [2.75, 3.05) is 27.3 Å². The van der Waals surface area contributed by atoms with Crippen molar-refractivity contribution >= 4 is 5.97 Å². The van der Waals surface area contributed by atoms with E-state index in [1.807, 2.05) is 0 Å². The number of carbonyl (C=O) groups is 1. The maximum atomic E-state index is 13.7. The average Bonchev–Trinajstić information content (AvgIpc) is 2.97. The highest BCUT2D eigenvalue weighted by Gasteiger charge is 2.44. The Hall–Kier alpha value is -1.81. The normalized spacial score (nSPS) is 18.6. The van der Waals surface area contributed by atoms with E-state index in [1.165, 1.54) is 4.90 Å². The van der Waals surface area contributed by atoms with E-state index in [4.69, 9.17) is 4.74 Å². The number of pyridine rings is 1. The van der Waals surface area contributed by atoms with Crippen molar-refractivity contribution < 1.29 is 36.2 Å². The van der Waals surface area contributed by atoms with Gasteiger partial charge in [0.25, 0.3) is 6.43 Å². The van der Waals surface area contributed by atoms with Crippen LogP contribution in [0, 0.1) is 5.92 Å². The molecule has 1 unspecified atom stereocenters. The number of hydrogen-bond donors (Lipinski definition) is 0. The largest absolute Gasteiger partial charge is 0.465 e. The van der Waals surface area contributed by atoms with Gasteiger partial charge in [0.2, 0.25) is 0 Å². The number of carbonyl (C=O) groups excluding carboxylic acids is 1. The monoisotopic (exact) mass is 396 g/mol. The number of ether oxygens (including phenoxy) is 2. The van der Waals surface area contributed by atoms with E-state index in [9.17, 15) is 26.7 Å². The van der Waals surface area contributed by atoms with E-state index in [0.717, 1.165) is 7.11 Å². The zero-order valence-corrected chi connectivity index (χ0v) is 15.4. The zero-order chi connectivity index (χ0) is 20.5. The number of rotatable bonds is 5. The van der Waals surface area contributed by atoms with E-state index in [-0.39, 0.29) is 24.5 Å². The van der Waals surface area contributed by atoms with Crippen LogP contribution in [0.5, 0.6) is 0 Å². The van der Waals surface area contributed by atoms with Crippen molar-refractivity contribution in [3.8, 4) is 0 Å². The molecule has 1 aromatic rings. The molecule has 10 heteroatoms. The van der Waals surface area contributed by atoms with E-state index in [0.29, 0.717) is 6.54 Å². The van der Waals surface area contributed by atoms with Crippen LogP contribution in [0.4, 0.5) is 22.0 Å². The van der Waals surface area contributed by atoms with Crippen molar-refractivity contribution in [3.63, 3.8) is 0 Å². The van der Waals surface area contributed by atoms with Crippen LogP contribution in [0.1, 0.15) is 59.4 Å². The minimum Gasteiger partial charge on any atom is -0.465 e. The Kier molecular flexibility index (Phi) is 6.41. The molecule has 2 heterocycles. The quantitative estimate of drug-likeness (QED) is 0.557. The molecule has 0 aliphatic carbocycles. The summed E-state index contributed by atoms with van der Waals surface area (Å²) < 4.78 is 78.1. The highest BCUT2D eigenvalue weighted by molar-refractivity contribution is 5.93. The minimum atomic E-state index is -4.99. The number of likely N-dealkylation sites (N-methyl/N-ethyl adjacent to an activating group) is 1. The van der Waals surface area contributed by atoms with Crippen LogP contribution in [0.25, 0.3) is 0 Å². The molecule has 0 spiro atoms. The van der Waals surface area contributed by atoms with Crippen LogP contribution >= 0.6 is 0 Å². The fraction of sp³-hybridized carbons (Fsp3) is 0.647. The van der Waals surface area contributed by atoms with Gasteiger partial charge in [0, 0.05) is 12.1 Å². The third-order valence-electron chi connectivity index (χ3n) is 4.21. The summed E-state index contributed by atoms with van der Waals surface area (Å²) in [5, 5.41) is 0. The molecule has 27 heavy (non-hydrogen) atoms. The Balaban J connectivity index is 2.93. The molecule has 0 amide bonds. The molecule has 5 nitrogen and oxygen atoms in total. The van der Waals surface area contributed by atoms with Gasteiger partial charge in [-0.25, -0.2) is 18.6 Å². The fourth-order valence-electron chi connectivity index (χ4n) is 3.12. The molecule has 152 valence electrons. The van der Waals surface area contributed by atoms with Crippen LogP contribution in [0.15, 0.2) is 0 Å². The number of esters is 1. The van der Waals surface area contributed by atoms with Crippen LogP contribution in [0.2, 0.25) is 0 Å². The average molecular weight is 396 g/mol. The van der Waals surface area contributed by atoms with Gasteiger partial charge in [0.1, 0.15) is 11.9 Å². The van der Waals surface area contributed by atoms with Gasteiger partial charge in [-0.3, -0.25) is 4.90 Å². The van der Waals surface area contributed by atoms with E-state index >= 15 is 0 Å². The highest BCUT2D eigenvalue weighted by atomic mass is 19.4. The van der Waals surface area contributed by atoms with Gasteiger partial charge in [-0.2, -0.15) is 13.2 Å². The van der Waals surface area contributed by atoms with Crippen molar-refractivity contribution in [2.45, 2.75) is 39.1 Å². The van der Waals surface area contributed by atoms with E-state index in [2.05, 4.69) is 9.72 Å². The zero-order valence-electron chi connectivity index (χ0n) is 15.4. The van der Waals surface area contributed by atoms with Crippen LogP contribution < -0.4 is 0 Å². The molecule has 1 aliphatic heterocycles. The molecular weight excluding hydrogens is 375 g/mol. The van der Waals surface area contributed by atoms with Gasteiger partial charge in [-0.1, -0.05) is 13.8 Å². The summed E-state index contributed by atoms with van der Waals surface area (Å²) in [7, 11) is 2.53. The first kappa shape index (κ1) is 21.5. The molecule has 0 saturated carbocycles. The second kappa shape index (κ2) is 8.05. The molecule has 0 radical (unpaired) electrons. The summed E-state index contributed by atoms with van der Waals surface area (Å²) in [6.07, 6.45) is -9.55. The summed E-state index contributed by atoms with van der Waals surface area (Å²) in [5.41, 5.74) is -3.86. The maximum absolute atomic E-state index is 13.7. The summed E-state index contributed by atoms with van der Waals surface area (Å²) in [6, 6.07) is 0. The molecule has 0 bridgehead atoms. The van der Waals surface area contributed by atoms with Crippen molar-refractivity contribution in [1.82, 2.24) is 9.88 Å². The Morgan fingerprint density at radius 3 is 2.41 bits per heavy atom. The standard InChI is InChI=1S/C17H21F5N2O3/c1-8(2)7-9-10(16(25)26-4)12(14(18)19)23-13(17(20,21)22)11(9)15-24(3)5-6-27-15/h8,14-15H,5-7H2,1-4H3. The second-order valence-electron chi connectivity index (χ2n) is 6.70. The van der Waals surface area contributed by atoms with Gasteiger partial charge in [0.15, 0.2) is 5.69 Å². The summed E-state index contributed by atoms with van der Waals surface area (Å²) in [5.74, 6) is -1.36. The first-order valence-electron chi connectivity index (χ1n) is 8.31. The molecule has 0 N–H and O–H groups in total. The van der Waals surface area contributed by atoms with E-state index < -0.39 is 47.3 Å². The third-order valence-corrected chi connectivity index (χ3v) is 4.21. The van der Waals surface area contributed by atoms with Gasteiger partial charge >= 0.3 is 12.1 Å². The lowest BCUT2D eigenvalue weighted by Gasteiger charge is -2.27. The number of methoxy groups -OCH3 is 1. The maximum Gasteiger partial charge on any atom is 0.433 e. The first-order chi connectivity index (χ1) is 12.5. The predicted octanol–water partition coefficient (Wildman–Crippen LogP) is 3.98.